The molecule has 0 aliphatic carbocycles. The van der Waals surface area contributed by atoms with Crippen molar-refractivity contribution < 1.29 is 14.3 Å². The van der Waals surface area contributed by atoms with Gasteiger partial charge >= 0.3 is 6.09 Å². The second-order valence-corrected chi connectivity index (χ2v) is 7.18. The second kappa shape index (κ2) is 7.15. The van der Waals surface area contributed by atoms with Gasteiger partial charge in [0.2, 0.25) is 5.91 Å². The van der Waals surface area contributed by atoms with Crippen molar-refractivity contribution in [3.05, 3.63) is 36.8 Å². The van der Waals surface area contributed by atoms with Crippen LogP contribution in [-0.2, 0) is 9.53 Å². The zero-order valence-electron chi connectivity index (χ0n) is 15.2. The van der Waals surface area contributed by atoms with E-state index in [9.17, 15) is 9.59 Å². The molecule has 1 N–H and O–H groups in total. The average molecular weight is 357 g/mol. The Morgan fingerprint density at radius 3 is 2.73 bits per heavy atom. The topological polar surface area (TPSA) is 89.4 Å². The van der Waals surface area contributed by atoms with Crippen LogP contribution in [0.5, 0.6) is 0 Å². The molecule has 26 heavy (non-hydrogen) atoms. The molecule has 1 fully saturated rings. The van der Waals surface area contributed by atoms with Gasteiger partial charge in [0, 0.05) is 18.9 Å². The van der Waals surface area contributed by atoms with Crippen molar-refractivity contribution >= 4 is 17.7 Å². The maximum atomic E-state index is 12.6. The molecule has 0 radical (unpaired) electrons. The van der Waals surface area contributed by atoms with Crippen molar-refractivity contribution in [3.8, 4) is 5.82 Å². The summed E-state index contributed by atoms with van der Waals surface area (Å²) in [5, 5.41) is 6.93. The molecule has 0 bridgehead atoms. The number of pyridine rings is 1. The van der Waals surface area contributed by atoms with Gasteiger partial charge in [-0.1, -0.05) is 0 Å². The van der Waals surface area contributed by atoms with Gasteiger partial charge in [-0.05, 0) is 51.8 Å². The van der Waals surface area contributed by atoms with Crippen LogP contribution < -0.4 is 5.32 Å². The van der Waals surface area contributed by atoms with Crippen molar-refractivity contribution in [2.45, 2.75) is 45.3 Å². The maximum absolute atomic E-state index is 12.6. The first-order valence-corrected chi connectivity index (χ1v) is 8.60. The molecule has 2 amide bonds. The van der Waals surface area contributed by atoms with Crippen LogP contribution in [-0.4, -0.2) is 49.9 Å². The van der Waals surface area contributed by atoms with Gasteiger partial charge in [-0.2, -0.15) is 5.10 Å². The highest BCUT2D eigenvalue weighted by Gasteiger charge is 2.36. The fraction of sp³-hybridized carbons (Fsp3) is 0.444. The van der Waals surface area contributed by atoms with Crippen molar-refractivity contribution in [2.75, 3.05) is 11.9 Å². The van der Waals surface area contributed by atoms with Crippen LogP contribution in [0.1, 0.15) is 33.6 Å². The van der Waals surface area contributed by atoms with E-state index in [0.717, 1.165) is 6.42 Å². The minimum absolute atomic E-state index is 0.234. The predicted molar refractivity (Wildman–Crippen MR) is 96.0 cm³/mol. The fourth-order valence-corrected chi connectivity index (χ4v) is 2.80. The highest BCUT2D eigenvalue weighted by atomic mass is 16.6. The summed E-state index contributed by atoms with van der Waals surface area (Å²) in [7, 11) is 0. The Balaban J connectivity index is 1.64. The molecule has 1 aliphatic heterocycles. The standard InChI is InChI=1S/C18H23N5O3/c1-18(2,3)26-17(25)22-10-4-6-14(22)16(24)21-13-7-8-15(19-12-13)23-11-5-9-20-23/h5,7-9,11-12,14H,4,6,10H2,1-3H3,(H,21,24)/t14-/m0/s1. The van der Waals surface area contributed by atoms with E-state index in [0.29, 0.717) is 24.5 Å². The number of carbonyl (C=O) groups excluding carboxylic acids is 2. The Morgan fingerprint density at radius 1 is 1.31 bits per heavy atom. The number of hydrogen-bond donors (Lipinski definition) is 1. The number of ether oxygens (including phenoxy) is 1. The largest absolute Gasteiger partial charge is 0.444 e. The third-order valence-corrected chi connectivity index (χ3v) is 3.94. The molecule has 1 aliphatic rings. The van der Waals surface area contributed by atoms with Crippen LogP contribution in [0.2, 0.25) is 0 Å². The monoisotopic (exact) mass is 357 g/mol. The molecule has 0 spiro atoms. The van der Waals surface area contributed by atoms with E-state index in [2.05, 4.69) is 15.4 Å². The summed E-state index contributed by atoms with van der Waals surface area (Å²) in [5.41, 5.74) is -0.0191. The minimum Gasteiger partial charge on any atom is -0.444 e. The van der Waals surface area contributed by atoms with Crippen LogP contribution >= 0.6 is 0 Å². The molecule has 3 rings (SSSR count). The number of nitrogens with zero attached hydrogens (tertiary/aromatic N) is 4. The summed E-state index contributed by atoms with van der Waals surface area (Å²) in [6.07, 6.45) is 5.96. The first kappa shape index (κ1) is 17.9. The van der Waals surface area contributed by atoms with Crippen LogP contribution in [0.3, 0.4) is 0 Å². The van der Waals surface area contributed by atoms with Gasteiger partial charge in [0.15, 0.2) is 5.82 Å². The summed E-state index contributed by atoms with van der Waals surface area (Å²) >= 11 is 0. The van der Waals surface area contributed by atoms with Crippen LogP contribution in [0, 0.1) is 0 Å². The Bertz CT molecular complexity index is 765. The number of nitrogens with one attached hydrogen (secondary N) is 1. The zero-order chi connectivity index (χ0) is 18.7. The highest BCUT2D eigenvalue weighted by molar-refractivity contribution is 5.96. The van der Waals surface area contributed by atoms with Crippen LogP contribution in [0.4, 0.5) is 10.5 Å². The van der Waals surface area contributed by atoms with E-state index in [1.807, 2.05) is 26.8 Å². The van der Waals surface area contributed by atoms with Crippen molar-refractivity contribution in [2.24, 2.45) is 0 Å². The Morgan fingerprint density at radius 2 is 2.12 bits per heavy atom. The lowest BCUT2D eigenvalue weighted by Crippen LogP contribution is -2.45. The summed E-state index contributed by atoms with van der Waals surface area (Å²) in [6, 6.07) is 4.80. The van der Waals surface area contributed by atoms with Gasteiger partial charge in [-0.3, -0.25) is 9.69 Å². The Kier molecular flexibility index (Phi) is 4.92. The van der Waals surface area contributed by atoms with E-state index in [4.69, 9.17) is 4.74 Å². The lowest BCUT2D eigenvalue weighted by Gasteiger charge is -2.28. The second-order valence-electron chi connectivity index (χ2n) is 7.18. The van der Waals surface area contributed by atoms with Crippen molar-refractivity contribution in [1.29, 1.82) is 0 Å². The number of likely N-dealkylation sites (tertiary alicyclic amines) is 1. The molecule has 0 aromatic carbocycles. The van der Waals surface area contributed by atoms with Gasteiger partial charge in [0.05, 0.1) is 11.9 Å². The zero-order valence-corrected chi connectivity index (χ0v) is 15.2. The molecule has 3 heterocycles. The van der Waals surface area contributed by atoms with E-state index >= 15 is 0 Å². The van der Waals surface area contributed by atoms with Gasteiger partial charge in [0.25, 0.3) is 0 Å². The molecule has 0 saturated carbocycles. The first-order valence-electron chi connectivity index (χ1n) is 8.60. The summed E-state index contributed by atoms with van der Waals surface area (Å²) in [6.45, 7) is 5.94. The quantitative estimate of drug-likeness (QED) is 0.912. The number of amides is 2. The van der Waals surface area contributed by atoms with Crippen molar-refractivity contribution in [3.63, 3.8) is 0 Å². The van der Waals surface area contributed by atoms with Gasteiger partial charge in [0.1, 0.15) is 11.6 Å². The average Bonchev–Trinajstić information content (AvgIpc) is 3.26. The van der Waals surface area contributed by atoms with Gasteiger partial charge in [-0.25, -0.2) is 14.5 Å². The molecule has 0 unspecified atom stereocenters. The summed E-state index contributed by atoms with van der Waals surface area (Å²) in [4.78, 5) is 30.7. The lowest BCUT2D eigenvalue weighted by atomic mass is 10.2. The number of hydrogen-bond acceptors (Lipinski definition) is 5. The van der Waals surface area contributed by atoms with E-state index in [1.54, 1.807) is 35.4 Å². The molecular formula is C18H23N5O3. The first-order chi connectivity index (χ1) is 12.3. The third kappa shape index (κ3) is 4.19. The fourth-order valence-electron chi connectivity index (χ4n) is 2.80. The normalized spacial score (nSPS) is 17.2. The summed E-state index contributed by atoms with van der Waals surface area (Å²) in [5.74, 6) is 0.422. The van der Waals surface area contributed by atoms with Crippen molar-refractivity contribution in [1.82, 2.24) is 19.7 Å². The van der Waals surface area contributed by atoms with Crippen LogP contribution in [0.15, 0.2) is 36.8 Å². The highest BCUT2D eigenvalue weighted by Crippen LogP contribution is 2.22. The number of anilines is 1. The number of aromatic nitrogens is 3. The van der Waals surface area contributed by atoms with E-state index in [-0.39, 0.29) is 5.91 Å². The van der Waals surface area contributed by atoms with Gasteiger partial charge in [-0.15, -0.1) is 0 Å². The Hall–Kier alpha value is -2.90. The molecule has 1 saturated heterocycles. The molecular weight excluding hydrogens is 334 g/mol. The van der Waals surface area contributed by atoms with E-state index in [1.165, 1.54) is 4.90 Å². The molecule has 2 aromatic heterocycles. The molecule has 8 heteroatoms. The third-order valence-electron chi connectivity index (χ3n) is 3.94. The molecule has 138 valence electrons. The van der Waals surface area contributed by atoms with Gasteiger partial charge < -0.3 is 10.1 Å². The number of rotatable bonds is 3. The SMILES string of the molecule is CC(C)(C)OC(=O)N1CCC[C@H]1C(=O)Nc1ccc(-n2cccn2)nc1. The molecule has 8 nitrogen and oxygen atoms in total. The Labute approximate surface area is 152 Å². The molecule has 1 atom stereocenters. The lowest BCUT2D eigenvalue weighted by molar-refractivity contribution is -0.120. The summed E-state index contributed by atoms with van der Waals surface area (Å²) < 4.78 is 7.03. The minimum atomic E-state index is -0.590. The molecule has 2 aromatic rings. The van der Waals surface area contributed by atoms with E-state index < -0.39 is 17.7 Å². The maximum Gasteiger partial charge on any atom is 0.410 e. The smallest absolute Gasteiger partial charge is 0.410 e. The van der Waals surface area contributed by atoms with Crippen LogP contribution in [0.25, 0.3) is 5.82 Å². The predicted octanol–water partition coefficient (Wildman–Crippen LogP) is 2.61. The number of carbonyl (C=O) groups is 2.